The molecule has 0 fully saturated rings. The van der Waals surface area contributed by atoms with Crippen LogP contribution in [0.2, 0.25) is 0 Å². The highest BCUT2D eigenvalue weighted by Crippen LogP contribution is 2.46. The second kappa shape index (κ2) is 13.4. The molecule has 1 heterocycles. The van der Waals surface area contributed by atoms with Crippen molar-refractivity contribution in [3.05, 3.63) is 94.9 Å². The topological polar surface area (TPSA) is 104 Å². The number of ether oxygens (including phenoxy) is 4. The Kier molecular flexibility index (Phi) is 9.47. The van der Waals surface area contributed by atoms with E-state index in [1.165, 1.54) is 0 Å². The molecule has 1 aliphatic rings. The molecule has 0 aliphatic carbocycles. The van der Waals surface area contributed by atoms with E-state index in [1.807, 2.05) is 24.3 Å². The Balaban J connectivity index is 1.54. The largest absolute Gasteiger partial charge is 0.494 e. The summed E-state index contributed by atoms with van der Waals surface area (Å²) in [5.41, 5.74) is 8.44. The fourth-order valence-electron chi connectivity index (χ4n) is 4.39. The number of carbonyl (C=O) groups excluding carboxylic acids is 1. The minimum Gasteiger partial charge on any atom is -0.494 e. The van der Waals surface area contributed by atoms with Crippen molar-refractivity contribution in [2.75, 3.05) is 13.2 Å². The van der Waals surface area contributed by atoms with E-state index in [9.17, 15) is 10.1 Å². The third-order valence-corrected chi connectivity index (χ3v) is 6.49. The van der Waals surface area contributed by atoms with Crippen molar-refractivity contribution in [1.29, 1.82) is 5.26 Å². The molecular formula is C32H34N2O5. The van der Waals surface area contributed by atoms with Gasteiger partial charge in [0, 0.05) is 17.2 Å². The first-order valence-corrected chi connectivity index (χ1v) is 13.4. The molecule has 1 atom stereocenters. The summed E-state index contributed by atoms with van der Waals surface area (Å²) in [6.07, 6.45) is 5.18. The normalized spacial score (nSPS) is 14.1. The van der Waals surface area contributed by atoms with Gasteiger partial charge in [0.1, 0.15) is 34.6 Å². The summed E-state index contributed by atoms with van der Waals surface area (Å²) in [7, 11) is 0. The molecule has 7 nitrogen and oxygen atoms in total. The molecule has 0 aromatic heterocycles. The van der Waals surface area contributed by atoms with Gasteiger partial charge in [-0.3, -0.25) is 0 Å². The number of fused-ring (bicyclic) bond motifs is 1. The maximum absolute atomic E-state index is 12.8. The Morgan fingerprint density at radius 1 is 0.897 bits per heavy atom. The maximum Gasteiger partial charge on any atom is 0.343 e. The Morgan fingerprint density at radius 2 is 1.62 bits per heavy atom. The summed E-state index contributed by atoms with van der Waals surface area (Å²) in [5, 5.41) is 9.93. The van der Waals surface area contributed by atoms with Crippen molar-refractivity contribution in [2.24, 2.45) is 5.73 Å². The summed E-state index contributed by atoms with van der Waals surface area (Å²) in [5.74, 6) is 1.15. The highest BCUT2D eigenvalue weighted by molar-refractivity contribution is 5.91. The van der Waals surface area contributed by atoms with Crippen LogP contribution in [-0.2, 0) is 0 Å². The van der Waals surface area contributed by atoms with E-state index in [1.54, 1.807) is 42.5 Å². The van der Waals surface area contributed by atoms with E-state index in [0.29, 0.717) is 47.3 Å². The average molecular weight is 527 g/mol. The van der Waals surface area contributed by atoms with Crippen LogP contribution in [0.25, 0.3) is 0 Å². The van der Waals surface area contributed by atoms with Crippen LogP contribution in [0.15, 0.2) is 78.2 Å². The minimum absolute atomic E-state index is 0.0105. The van der Waals surface area contributed by atoms with E-state index in [4.69, 9.17) is 24.7 Å². The van der Waals surface area contributed by atoms with Crippen molar-refractivity contribution in [1.82, 2.24) is 0 Å². The first-order valence-electron chi connectivity index (χ1n) is 13.4. The van der Waals surface area contributed by atoms with Crippen molar-refractivity contribution >= 4 is 5.97 Å². The maximum atomic E-state index is 12.8. The summed E-state index contributed by atoms with van der Waals surface area (Å²) >= 11 is 0. The van der Waals surface area contributed by atoms with Crippen molar-refractivity contribution in [2.45, 2.75) is 51.9 Å². The van der Waals surface area contributed by atoms with Crippen LogP contribution in [0.4, 0.5) is 0 Å². The number of hydrogen-bond acceptors (Lipinski definition) is 7. The second-order valence-electron chi connectivity index (χ2n) is 9.33. The zero-order valence-electron chi connectivity index (χ0n) is 22.4. The number of unbranched alkanes of at least 4 members (excludes halogenated alkanes) is 3. The number of nitriles is 1. The zero-order chi connectivity index (χ0) is 27.6. The predicted octanol–water partition coefficient (Wildman–Crippen LogP) is 6.87. The molecule has 0 bridgehead atoms. The molecule has 1 aliphatic heterocycles. The minimum atomic E-state index is -0.504. The number of esters is 1. The molecule has 0 saturated heterocycles. The van der Waals surface area contributed by atoms with Gasteiger partial charge in [-0.1, -0.05) is 57.4 Å². The number of benzene rings is 3. The van der Waals surface area contributed by atoms with Gasteiger partial charge in [-0.2, -0.15) is 5.26 Å². The SMILES string of the molecule is CCCCCOc1ccc(C(=O)Oc2ccc3c(c2)OC(N)=C(C#N)C3c2ccccc2OCCCC)cc1. The van der Waals surface area contributed by atoms with Gasteiger partial charge in [0.05, 0.1) is 24.7 Å². The molecular weight excluding hydrogens is 492 g/mol. The van der Waals surface area contributed by atoms with Crippen LogP contribution in [0.5, 0.6) is 23.0 Å². The summed E-state index contributed by atoms with van der Waals surface area (Å²) in [6.45, 7) is 5.47. The molecule has 3 aromatic carbocycles. The lowest BCUT2D eigenvalue weighted by Gasteiger charge is -2.28. The molecule has 39 heavy (non-hydrogen) atoms. The van der Waals surface area contributed by atoms with Crippen LogP contribution < -0.4 is 24.7 Å². The molecule has 0 spiro atoms. The molecule has 0 amide bonds. The predicted molar refractivity (Wildman–Crippen MR) is 149 cm³/mol. The second-order valence-corrected chi connectivity index (χ2v) is 9.33. The molecule has 1 unspecified atom stereocenters. The van der Waals surface area contributed by atoms with Gasteiger partial charge in [0.2, 0.25) is 5.88 Å². The number of para-hydroxylation sites is 1. The smallest absolute Gasteiger partial charge is 0.343 e. The lowest BCUT2D eigenvalue weighted by molar-refractivity contribution is 0.0734. The van der Waals surface area contributed by atoms with Crippen LogP contribution in [0.1, 0.15) is 73.4 Å². The average Bonchev–Trinajstić information content (AvgIpc) is 2.95. The van der Waals surface area contributed by atoms with Gasteiger partial charge >= 0.3 is 5.97 Å². The van der Waals surface area contributed by atoms with E-state index >= 15 is 0 Å². The fourth-order valence-corrected chi connectivity index (χ4v) is 4.39. The Morgan fingerprint density at radius 3 is 2.36 bits per heavy atom. The standard InChI is InChI=1S/C32H34N2O5/c1-3-5-9-19-36-23-14-12-22(13-15-23)32(35)38-24-16-17-26-29(20-24)39-31(34)27(21-33)30(26)25-10-7-8-11-28(25)37-18-6-4-2/h7-8,10-17,20,30H,3-6,9,18-19,34H2,1-2H3. The van der Waals surface area contributed by atoms with Crippen molar-refractivity contribution < 1.29 is 23.7 Å². The Bertz CT molecular complexity index is 1360. The van der Waals surface area contributed by atoms with Crippen LogP contribution in [-0.4, -0.2) is 19.2 Å². The van der Waals surface area contributed by atoms with Gasteiger partial charge < -0.3 is 24.7 Å². The van der Waals surface area contributed by atoms with Gasteiger partial charge in [0.15, 0.2) is 0 Å². The number of hydrogen-bond donors (Lipinski definition) is 1. The molecule has 3 aromatic rings. The fraction of sp³-hybridized carbons (Fsp3) is 0.312. The number of carbonyl (C=O) groups is 1. The Labute approximate surface area is 229 Å². The quantitative estimate of drug-likeness (QED) is 0.156. The van der Waals surface area contributed by atoms with E-state index in [2.05, 4.69) is 19.9 Å². The summed E-state index contributed by atoms with van der Waals surface area (Å²) in [4.78, 5) is 12.8. The highest BCUT2D eigenvalue weighted by atomic mass is 16.5. The van der Waals surface area contributed by atoms with Crippen molar-refractivity contribution in [3.63, 3.8) is 0 Å². The van der Waals surface area contributed by atoms with Gasteiger partial charge in [-0.05, 0) is 49.2 Å². The first-order chi connectivity index (χ1) is 19.0. The third-order valence-electron chi connectivity index (χ3n) is 6.49. The first kappa shape index (κ1) is 27.6. The lowest BCUT2D eigenvalue weighted by atomic mass is 9.83. The highest BCUT2D eigenvalue weighted by Gasteiger charge is 2.33. The van der Waals surface area contributed by atoms with Crippen LogP contribution >= 0.6 is 0 Å². The number of nitrogens with two attached hydrogens (primary N) is 1. The van der Waals surface area contributed by atoms with E-state index in [0.717, 1.165) is 43.2 Å². The number of rotatable bonds is 12. The van der Waals surface area contributed by atoms with Crippen molar-refractivity contribution in [3.8, 4) is 29.1 Å². The van der Waals surface area contributed by atoms with Gasteiger partial charge in [0.25, 0.3) is 0 Å². The number of allylic oxidation sites excluding steroid dienone is 1. The monoisotopic (exact) mass is 526 g/mol. The van der Waals surface area contributed by atoms with Gasteiger partial charge in [-0.15, -0.1) is 0 Å². The molecule has 2 N–H and O–H groups in total. The van der Waals surface area contributed by atoms with Crippen LogP contribution in [0, 0.1) is 11.3 Å². The lowest BCUT2D eigenvalue weighted by Crippen LogP contribution is -2.21. The van der Waals surface area contributed by atoms with Gasteiger partial charge in [-0.25, -0.2) is 4.79 Å². The zero-order valence-corrected chi connectivity index (χ0v) is 22.4. The van der Waals surface area contributed by atoms with E-state index in [-0.39, 0.29) is 5.88 Å². The molecule has 202 valence electrons. The summed E-state index contributed by atoms with van der Waals surface area (Å²) < 4.78 is 23.2. The molecule has 0 saturated carbocycles. The Hall–Kier alpha value is -4.44. The summed E-state index contributed by atoms with van der Waals surface area (Å²) in [6, 6.07) is 21.8. The number of nitrogens with zero attached hydrogens (tertiary/aromatic N) is 1. The molecule has 4 rings (SSSR count). The van der Waals surface area contributed by atoms with Crippen LogP contribution in [0.3, 0.4) is 0 Å². The third kappa shape index (κ3) is 6.71. The molecule has 0 radical (unpaired) electrons. The van der Waals surface area contributed by atoms with E-state index < -0.39 is 11.9 Å². The molecule has 7 heteroatoms.